The molecule has 1 atom stereocenters. The van der Waals surface area contributed by atoms with Crippen LogP contribution in [0.2, 0.25) is 0 Å². The van der Waals surface area contributed by atoms with Crippen LogP contribution in [-0.4, -0.2) is 33.4 Å². The van der Waals surface area contributed by atoms with E-state index in [1.165, 1.54) is 17.0 Å². The van der Waals surface area contributed by atoms with Crippen LogP contribution in [0.25, 0.3) is 0 Å². The van der Waals surface area contributed by atoms with Crippen molar-refractivity contribution in [2.45, 2.75) is 17.9 Å². The van der Waals surface area contributed by atoms with Gasteiger partial charge in [-0.1, -0.05) is 0 Å². The van der Waals surface area contributed by atoms with Crippen molar-refractivity contribution in [3.8, 4) is 0 Å². The van der Waals surface area contributed by atoms with Crippen molar-refractivity contribution in [1.82, 2.24) is 0 Å². The quantitative estimate of drug-likeness (QED) is 0.802. The van der Waals surface area contributed by atoms with E-state index in [9.17, 15) is 13.2 Å². The van der Waals surface area contributed by atoms with Gasteiger partial charge in [0.2, 0.25) is 0 Å². The third-order valence-corrected chi connectivity index (χ3v) is 3.67. The van der Waals surface area contributed by atoms with Gasteiger partial charge >= 0.3 is 6.09 Å². The van der Waals surface area contributed by atoms with Crippen LogP contribution in [0.4, 0.5) is 10.5 Å². The fourth-order valence-corrected chi connectivity index (χ4v) is 2.32. The first-order chi connectivity index (χ1) is 7.88. The highest BCUT2D eigenvalue weighted by molar-refractivity contribution is 7.90. The van der Waals surface area contributed by atoms with Crippen LogP contribution < -0.4 is 4.90 Å². The number of anilines is 1. The minimum atomic E-state index is -3.20. The summed E-state index contributed by atoms with van der Waals surface area (Å²) in [5.74, 6) is 0. The topological polar surface area (TPSA) is 63.7 Å². The van der Waals surface area contributed by atoms with Crippen LogP contribution in [-0.2, 0) is 14.6 Å². The van der Waals surface area contributed by atoms with Crippen molar-refractivity contribution in [2.75, 3.05) is 17.7 Å². The summed E-state index contributed by atoms with van der Waals surface area (Å²) < 4.78 is 27.5. The second-order valence-corrected chi connectivity index (χ2v) is 6.09. The molecular weight excluding hydrogens is 242 g/mol. The van der Waals surface area contributed by atoms with Gasteiger partial charge in [-0.25, -0.2) is 13.2 Å². The molecule has 0 aliphatic carbocycles. The van der Waals surface area contributed by atoms with Crippen LogP contribution >= 0.6 is 0 Å². The van der Waals surface area contributed by atoms with E-state index < -0.39 is 15.9 Å². The first kappa shape index (κ1) is 11.9. The van der Waals surface area contributed by atoms with Crippen molar-refractivity contribution in [3.63, 3.8) is 0 Å². The number of hydrogen-bond acceptors (Lipinski definition) is 4. The van der Waals surface area contributed by atoms with Crippen molar-refractivity contribution in [3.05, 3.63) is 24.3 Å². The summed E-state index contributed by atoms with van der Waals surface area (Å²) in [5, 5.41) is 0. The van der Waals surface area contributed by atoms with Gasteiger partial charge in [-0.3, -0.25) is 4.90 Å². The fraction of sp³-hybridized carbons (Fsp3) is 0.364. The van der Waals surface area contributed by atoms with E-state index in [4.69, 9.17) is 4.74 Å². The summed E-state index contributed by atoms with van der Waals surface area (Å²) in [4.78, 5) is 13.2. The zero-order valence-corrected chi connectivity index (χ0v) is 10.4. The lowest BCUT2D eigenvalue weighted by Gasteiger charge is -2.12. The van der Waals surface area contributed by atoms with Gasteiger partial charge in [0.1, 0.15) is 6.10 Å². The average molecular weight is 255 g/mol. The molecule has 0 bridgehead atoms. The Kier molecular flexibility index (Phi) is 2.82. The highest BCUT2D eigenvalue weighted by atomic mass is 32.2. The lowest BCUT2D eigenvalue weighted by molar-refractivity contribution is 0.150. The number of amides is 1. The maximum atomic E-state index is 11.5. The Labute approximate surface area is 99.9 Å². The predicted octanol–water partition coefficient (Wildman–Crippen LogP) is 1.44. The van der Waals surface area contributed by atoms with Crippen LogP contribution in [0.1, 0.15) is 6.92 Å². The molecule has 0 saturated carbocycles. The van der Waals surface area contributed by atoms with Crippen LogP contribution in [0.5, 0.6) is 0 Å². The molecule has 0 spiro atoms. The molecule has 0 unspecified atom stereocenters. The van der Waals surface area contributed by atoms with E-state index in [2.05, 4.69) is 0 Å². The van der Waals surface area contributed by atoms with E-state index in [0.29, 0.717) is 12.2 Å². The van der Waals surface area contributed by atoms with E-state index in [-0.39, 0.29) is 11.0 Å². The Hall–Kier alpha value is -1.56. The second kappa shape index (κ2) is 4.03. The minimum absolute atomic E-state index is 0.142. The Morgan fingerprint density at radius 1 is 1.29 bits per heavy atom. The lowest BCUT2D eigenvalue weighted by Crippen LogP contribution is -2.23. The Morgan fingerprint density at radius 3 is 2.29 bits per heavy atom. The number of carbonyl (C=O) groups is 1. The lowest BCUT2D eigenvalue weighted by atomic mass is 10.3. The molecule has 1 amide bonds. The summed E-state index contributed by atoms with van der Waals surface area (Å²) in [6, 6.07) is 6.19. The van der Waals surface area contributed by atoms with Crippen LogP contribution in [0.15, 0.2) is 29.2 Å². The molecule has 0 radical (unpaired) electrons. The third-order valence-electron chi connectivity index (χ3n) is 2.54. The fourth-order valence-electron chi connectivity index (χ4n) is 1.69. The molecular formula is C11H13NO4S. The van der Waals surface area contributed by atoms with E-state index in [1.807, 2.05) is 6.92 Å². The zero-order valence-electron chi connectivity index (χ0n) is 9.58. The number of ether oxygens (including phenoxy) is 1. The standard InChI is InChI=1S/C11H13NO4S/c1-8-7-12(11(13)16-8)9-3-5-10(6-4-9)17(2,14)15/h3-6,8H,7H2,1-2H3/t8-/m1/s1. The van der Waals surface area contributed by atoms with Gasteiger partial charge in [-0.2, -0.15) is 0 Å². The van der Waals surface area contributed by atoms with Gasteiger partial charge in [-0.05, 0) is 31.2 Å². The average Bonchev–Trinajstić information content (AvgIpc) is 2.57. The molecule has 6 heteroatoms. The number of cyclic esters (lactones) is 1. The van der Waals surface area contributed by atoms with Gasteiger partial charge < -0.3 is 4.74 Å². The van der Waals surface area contributed by atoms with Gasteiger partial charge in [-0.15, -0.1) is 0 Å². The monoisotopic (exact) mass is 255 g/mol. The Morgan fingerprint density at radius 2 is 1.88 bits per heavy atom. The van der Waals surface area contributed by atoms with Crippen molar-refractivity contribution in [1.29, 1.82) is 0 Å². The summed E-state index contributed by atoms with van der Waals surface area (Å²) >= 11 is 0. The van der Waals surface area contributed by atoms with Gasteiger partial charge in [0, 0.05) is 11.9 Å². The number of carbonyl (C=O) groups excluding carboxylic acids is 1. The molecule has 1 aliphatic rings. The Balaban J connectivity index is 2.28. The molecule has 2 rings (SSSR count). The van der Waals surface area contributed by atoms with Crippen LogP contribution in [0.3, 0.4) is 0 Å². The van der Waals surface area contributed by atoms with E-state index in [0.717, 1.165) is 6.26 Å². The Bertz CT molecular complexity index is 535. The highest BCUT2D eigenvalue weighted by Gasteiger charge is 2.29. The number of benzene rings is 1. The van der Waals surface area contributed by atoms with Crippen molar-refractivity contribution in [2.24, 2.45) is 0 Å². The molecule has 1 aromatic carbocycles. The molecule has 1 fully saturated rings. The second-order valence-electron chi connectivity index (χ2n) is 4.07. The van der Waals surface area contributed by atoms with Gasteiger partial charge in [0.25, 0.3) is 0 Å². The highest BCUT2D eigenvalue weighted by Crippen LogP contribution is 2.22. The van der Waals surface area contributed by atoms with Gasteiger partial charge in [0.05, 0.1) is 11.4 Å². The van der Waals surface area contributed by atoms with Crippen molar-refractivity contribution >= 4 is 21.6 Å². The first-order valence-corrected chi connectivity index (χ1v) is 7.05. The molecule has 1 aliphatic heterocycles. The smallest absolute Gasteiger partial charge is 0.414 e. The minimum Gasteiger partial charge on any atom is -0.444 e. The summed E-state index contributed by atoms with van der Waals surface area (Å²) in [7, 11) is -3.20. The number of nitrogens with zero attached hydrogens (tertiary/aromatic N) is 1. The zero-order chi connectivity index (χ0) is 12.6. The molecule has 5 nitrogen and oxygen atoms in total. The maximum absolute atomic E-state index is 11.5. The van der Waals surface area contributed by atoms with Crippen LogP contribution in [0, 0.1) is 0 Å². The molecule has 1 saturated heterocycles. The molecule has 17 heavy (non-hydrogen) atoms. The summed E-state index contributed by atoms with van der Waals surface area (Å²) in [5.41, 5.74) is 0.645. The maximum Gasteiger partial charge on any atom is 0.414 e. The predicted molar refractivity (Wildman–Crippen MR) is 62.8 cm³/mol. The molecule has 1 heterocycles. The van der Waals surface area contributed by atoms with Crippen molar-refractivity contribution < 1.29 is 17.9 Å². The van der Waals surface area contributed by atoms with E-state index in [1.54, 1.807) is 12.1 Å². The normalized spacial score (nSPS) is 20.5. The molecule has 0 aromatic heterocycles. The molecule has 1 aromatic rings. The molecule has 0 N–H and O–H groups in total. The third kappa shape index (κ3) is 2.41. The number of rotatable bonds is 2. The largest absolute Gasteiger partial charge is 0.444 e. The first-order valence-electron chi connectivity index (χ1n) is 5.16. The summed E-state index contributed by atoms with van der Waals surface area (Å²) in [6.45, 7) is 2.29. The summed E-state index contributed by atoms with van der Waals surface area (Å²) in [6.07, 6.45) is 0.607. The van der Waals surface area contributed by atoms with Gasteiger partial charge in [0.15, 0.2) is 9.84 Å². The number of hydrogen-bond donors (Lipinski definition) is 0. The number of sulfone groups is 1. The SMILES string of the molecule is C[C@@H]1CN(c2ccc(S(C)(=O)=O)cc2)C(=O)O1. The van der Waals surface area contributed by atoms with E-state index >= 15 is 0 Å². The molecule has 92 valence electrons.